The fourth-order valence-corrected chi connectivity index (χ4v) is 7.70. The summed E-state index contributed by atoms with van der Waals surface area (Å²) < 4.78 is 11.8. The second-order valence-electron chi connectivity index (χ2n) is 10.1. The number of carbonyl (C=O) groups excluding carboxylic acids is 1. The number of hydrogen-bond acceptors (Lipinski definition) is 9. The van der Waals surface area contributed by atoms with Crippen LogP contribution in [0.5, 0.6) is 0 Å². The maximum atomic E-state index is 12.6. The second kappa shape index (κ2) is 5.04. The summed E-state index contributed by atoms with van der Waals surface area (Å²) in [6, 6.07) is 0. The highest BCUT2D eigenvalue weighted by Crippen LogP contribution is 2.76. The average molecular weight is 412 g/mol. The van der Waals surface area contributed by atoms with Gasteiger partial charge in [-0.2, -0.15) is 0 Å². The Labute approximate surface area is 167 Å². The third kappa shape index (κ3) is 1.61. The monoisotopic (exact) mass is 412 g/mol. The van der Waals surface area contributed by atoms with Crippen molar-refractivity contribution < 1.29 is 44.9 Å². The van der Waals surface area contributed by atoms with Crippen LogP contribution >= 0.6 is 0 Å². The van der Waals surface area contributed by atoms with Crippen LogP contribution in [0.3, 0.4) is 0 Å². The van der Waals surface area contributed by atoms with Gasteiger partial charge in [0.1, 0.15) is 22.9 Å². The molecule has 2 saturated carbocycles. The van der Waals surface area contributed by atoms with E-state index in [2.05, 4.69) is 0 Å². The summed E-state index contributed by atoms with van der Waals surface area (Å²) in [5, 5.41) is 66.1. The molecule has 6 rings (SSSR count). The van der Waals surface area contributed by atoms with Crippen LogP contribution in [-0.2, 0) is 14.3 Å². The molecule has 1 spiro atoms. The van der Waals surface area contributed by atoms with Gasteiger partial charge >= 0.3 is 5.97 Å². The summed E-state index contributed by atoms with van der Waals surface area (Å²) in [7, 11) is 0. The molecule has 0 amide bonds. The van der Waals surface area contributed by atoms with Gasteiger partial charge in [-0.15, -0.1) is 0 Å². The first-order valence-electron chi connectivity index (χ1n) is 9.98. The van der Waals surface area contributed by atoms with Gasteiger partial charge in [0.05, 0.1) is 18.3 Å². The second-order valence-corrected chi connectivity index (χ2v) is 10.1. The fraction of sp³-hybridized carbons (Fsp3) is 0.850. The number of allylic oxidation sites excluding steroid dienone is 1. The zero-order valence-electron chi connectivity index (χ0n) is 16.7. The third-order valence-electron chi connectivity index (χ3n) is 9.05. The molecule has 12 atom stereocenters. The fourth-order valence-electron chi connectivity index (χ4n) is 7.70. The number of aliphatic hydroxyl groups excluding tert-OH is 5. The van der Waals surface area contributed by atoms with E-state index in [9.17, 15) is 35.4 Å². The Bertz CT molecular complexity index is 844. The summed E-state index contributed by atoms with van der Waals surface area (Å²) in [6.45, 7) is 6.38. The van der Waals surface area contributed by atoms with Gasteiger partial charge in [0.25, 0.3) is 0 Å². The van der Waals surface area contributed by atoms with Gasteiger partial charge in [0, 0.05) is 11.3 Å². The van der Waals surface area contributed by atoms with Crippen LogP contribution in [0.25, 0.3) is 0 Å². The number of carbonyl (C=O) groups is 1. The highest BCUT2D eigenvalue weighted by Gasteiger charge is 2.96. The van der Waals surface area contributed by atoms with Gasteiger partial charge < -0.3 is 40.1 Å². The van der Waals surface area contributed by atoms with Crippen molar-refractivity contribution in [1.29, 1.82) is 0 Å². The Hall–Kier alpha value is -1.07. The first-order chi connectivity index (χ1) is 13.2. The Morgan fingerprint density at radius 1 is 1.07 bits per heavy atom. The Balaban J connectivity index is 1.83. The number of hydrogen-bond donors (Lipinski definition) is 6. The van der Waals surface area contributed by atoms with E-state index >= 15 is 0 Å². The quantitative estimate of drug-likeness (QED) is 0.195. The molecule has 3 aliphatic carbocycles. The van der Waals surface area contributed by atoms with E-state index < -0.39 is 76.1 Å². The van der Waals surface area contributed by atoms with E-state index in [1.165, 1.54) is 13.0 Å². The van der Waals surface area contributed by atoms with Crippen molar-refractivity contribution >= 4 is 5.97 Å². The molecule has 6 aliphatic rings. The van der Waals surface area contributed by atoms with Gasteiger partial charge in [-0.25, -0.2) is 4.79 Å². The number of ether oxygens (including phenoxy) is 2. The van der Waals surface area contributed by atoms with Crippen LogP contribution in [0.15, 0.2) is 11.6 Å². The number of esters is 1. The zero-order valence-corrected chi connectivity index (χ0v) is 16.7. The molecule has 0 aromatic rings. The molecule has 2 bridgehead atoms. The van der Waals surface area contributed by atoms with Crippen molar-refractivity contribution in [3.05, 3.63) is 11.6 Å². The molecule has 9 nitrogen and oxygen atoms in total. The minimum atomic E-state index is -2.25. The summed E-state index contributed by atoms with van der Waals surface area (Å²) in [5.41, 5.74) is -7.77. The Kier molecular flexibility index (Phi) is 3.45. The minimum Gasteiger partial charge on any atom is -0.454 e. The van der Waals surface area contributed by atoms with Crippen LogP contribution in [0.2, 0.25) is 0 Å². The number of fused-ring (bicyclic) bond motifs is 2. The van der Waals surface area contributed by atoms with Crippen LogP contribution in [0.1, 0.15) is 34.1 Å². The highest BCUT2D eigenvalue weighted by atomic mass is 16.7. The lowest BCUT2D eigenvalue weighted by molar-refractivity contribution is -0.544. The number of aliphatic hydroxyl groups is 6. The van der Waals surface area contributed by atoms with Gasteiger partial charge in [-0.1, -0.05) is 18.6 Å². The maximum absolute atomic E-state index is 12.6. The van der Waals surface area contributed by atoms with Crippen LogP contribution in [-0.4, -0.2) is 89.5 Å². The predicted molar refractivity (Wildman–Crippen MR) is 95.2 cm³/mol. The molecule has 29 heavy (non-hydrogen) atoms. The molecule has 1 unspecified atom stereocenters. The lowest BCUT2D eigenvalue weighted by atomic mass is 9.34. The van der Waals surface area contributed by atoms with Crippen molar-refractivity contribution in [2.24, 2.45) is 17.3 Å². The van der Waals surface area contributed by atoms with E-state index in [1.807, 2.05) is 0 Å². The summed E-state index contributed by atoms with van der Waals surface area (Å²) in [6.07, 6.45) is -5.99. The molecular weight excluding hydrogens is 384 g/mol. The van der Waals surface area contributed by atoms with Gasteiger partial charge in [-0.05, 0) is 33.1 Å². The molecule has 0 aromatic heterocycles. The first-order valence-corrected chi connectivity index (χ1v) is 9.98. The lowest BCUT2D eigenvalue weighted by Crippen LogP contribution is -3.03. The lowest BCUT2D eigenvalue weighted by Gasteiger charge is -2.84. The van der Waals surface area contributed by atoms with Crippen LogP contribution in [0.4, 0.5) is 0 Å². The van der Waals surface area contributed by atoms with E-state index in [0.29, 0.717) is 0 Å². The normalized spacial score (nSPS) is 65.5. The van der Waals surface area contributed by atoms with Crippen molar-refractivity contribution in [1.82, 2.24) is 0 Å². The van der Waals surface area contributed by atoms with Crippen molar-refractivity contribution in [2.45, 2.75) is 87.0 Å². The molecule has 3 saturated heterocycles. The van der Waals surface area contributed by atoms with Gasteiger partial charge in [-0.3, -0.25) is 0 Å². The van der Waals surface area contributed by atoms with E-state index in [0.717, 1.165) is 5.57 Å². The smallest absolute Gasteiger partial charge is 0.338 e. The SMILES string of the molecule is CC1=C[C@H](O)C(O)[C@]2(C)[C@H]3[C@@H](O)[C@H](O)[C@@]4(C)O[C@]35[C@@]4(O)[C@@H](O)C(=O)O[C@]5(C)C[C@@H]12. The summed E-state index contributed by atoms with van der Waals surface area (Å²) in [5.74, 6) is -2.61. The molecule has 0 radical (unpaired) electrons. The molecule has 6 N–H and O–H groups in total. The molecule has 9 heteroatoms. The number of rotatable bonds is 0. The molecule has 5 fully saturated rings. The minimum absolute atomic E-state index is 0.145. The molecular formula is C20H28O9. The standard InChI is InChI=1S/C20H28O9/c1-7-5-9(21)12(23)17(3)8(7)6-16(2)20-11(17)10(22)13(24)18(4,29-20)19(20,27)14(25)15(26)28-16/h5,8-14,21-25,27H,6H2,1-4H3/t8-,9-,10+,11+,12?,13-,14-,16+,17-,18+,19+,20+/m0/s1. The van der Waals surface area contributed by atoms with Crippen LogP contribution in [0, 0.1) is 17.3 Å². The van der Waals surface area contributed by atoms with Gasteiger partial charge in [0.2, 0.25) is 0 Å². The van der Waals surface area contributed by atoms with E-state index in [1.54, 1.807) is 20.8 Å². The van der Waals surface area contributed by atoms with Crippen molar-refractivity contribution in [3.63, 3.8) is 0 Å². The highest BCUT2D eigenvalue weighted by molar-refractivity contribution is 5.80. The molecule has 3 heterocycles. The summed E-state index contributed by atoms with van der Waals surface area (Å²) in [4.78, 5) is 12.6. The van der Waals surface area contributed by atoms with Crippen molar-refractivity contribution in [3.8, 4) is 0 Å². The molecule has 162 valence electrons. The molecule has 3 aliphatic heterocycles. The average Bonchev–Trinajstić information content (AvgIpc) is 2.64. The third-order valence-corrected chi connectivity index (χ3v) is 9.05. The predicted octanol–water partition coefficient (Wildman–Crippen LogP) is -2.02. The van der Waals surface area contributed by atoms with E-state index in [4.69, 9.17) is 9.47 Å². The Morgan fingerprint density at radius 2 is 1.69 bits per heavy atom. The molecule has 0 aromatic carbocycles. The Morgan fingerprint density at radius 3 is 2.31 bits per heavy atom. The largest absolute Gasteiger partial charge is 0.454 e. The first kappa shape index (κ1) is 19.9. The van der Waals surface area contributed by atoms with E-state index in [-0.39, 0.29) is 6.42 Å². The summed E-state index contributed by atoms with van der Waals surface area (Å²) >= 11 is 0. The van der Waals surface area contributed by atoms with Gasteiger partial charge in [0.15, 0.2) is 11.7 Å². The zero-order chi connectivity index (χ0) is 21.5. The topological polar surface area (TPSA) is 157 Å². The maximum Gasteiger partial charge on any atom is 0.338 e. The van der Waals surface area contributed by atoms with Crippen LogP contribution < -0.4 is 0 Å². The van der Waals surface area contributed by atoms with Crippen molar-refractivity contribution in [2.75, 3.05) is 0 Å².